The molecule has 0 aliphatic carbocycles. The molecule has 1 N–H and O–H groups in total. The van der Waals surface area contributed by atoms with E-state index in [-0.39, 0.29) is 5.56 Å². The summed E-state index contributed by atoms with van der Waals surface area (Å²) in [4.78, 5) is 10.5. The zero-order valence-electron chi connectivity index (χ0n) is 7.32. The minimum absolute atomic E-state index is 0.224. The maximum atomic E-state index is 11.8. The van der Waals surface area contributed by atoms with Crippen molar-refractivity contribution in [2.75, 3.05) is 0 Å². The first-order chi connectivity index (χ1) is 6.50. The van der Waals surface area contributed by atoms with Gasteiger partial charge in [0, 0.05) is 19.3 Å². The lowest BCUT2D eigenvalue weighted by Gasteiger charge is -1.94. The fourth-order valence-corrected chi connectivity index (χ4v) is 0.835. The highest BCUT2D eigenvalue weighted by Gasteiger charge is 2.14. The van der Waals surface area contributed by atoms with E-state index in [4.69, 9.17) is 0 Å². The van der Waals surface area contributed by atoms with Crippen LogP contribution in [-0.2, 0) is 11.8 Å². The van der Waals surface area contributed by atoms with Gasteiger partial charge in [0.15, 0.2) is 0 Å². The average molecular weight is 202 g/mol. The Labute approximate surface area is 78.5 Å². The van der Waals surface area contributed by atoms with Crippen LogP contribution in [0.1, 0.15) is 5.56 Å². The van der Waals surface area contributed by atoms with E-state index >= 15 is 0 Å². The molecule has 14 heavy (non-hydrogen) atoms. The van der Waals surface area contributed by atoms with Gasteiger partial charge in [0.05, 0.1) is 11.8 Å². The molecule has 1 heterocycles. The minimum atomic E-state index is -3.10. The number of aromatic nitrogens is 2. The van der Waals surface area contributed by atoms with Crippen LogP contribution in [0, 0.1) is 0 Å². The van der Waals surface area contributed by atoms with Crippen LogP contribution in [0.25, 0.3) is 5.76 Å². The zero-order valence-corrected chi connectivity index (χ0v) is 7.32. The van der Waals surface area contributed by atoms with Gasteiger partial charge in [-0.15, -0.1) is 0 Å². The normalized spacial score (nSPS) is 12.1. The van der Waals surface area contributed by atoms with Crippen molar-refractivity contribution in [3.8, 4) is 0 Å². The molecule has 0 amide bonds. The largest absolute Gasteiger partial charge is 0.507 e. The molecule has 0 unspecified atom stereocenters. The Kier molecular flexibility index (Phi) is 2.95. The van der Waals surface area contributed by atoms with E-state index in [0.29, 0.717) is 6.08 Å². The monoisotopic (exact) mass is 202 g/mol. The third-order valence-electron chi connectivity index (χ3n) is 1.49. The van der Waals surface area contributed by atoms with Crippen molar-refractivity contribution >= 4 is 11.5 Å². The van der Waals surface area contributed by atoms with Gasteiger partial charge in [-0.25, -0.2) is 8.78 Å². The van der Waals surface area contributed by atoms with Crippen LogP contribution in [0.15, 0.2) is 18.5 Å². The van der Waals surface area contributed by atoms with Crippen molar-refractivity contribution < 1.29 is 18.7 Å². The number of halogens is 2. The summed E-state index contributed by atoms with van der Waals surface area (Å²) >= 11 is 0. The van der Waals surface area contributed by atoms with Gasteiger partial charge in [0.2, 0.25) is 5.78 Å². The summed E-state index contributed by atoms with van der Waals surface area (Å²) < 4.78 is 24.9. The molecule has 0 aromatic carbocycles. The Morgan fingerprint density at radius 2 is 2.36 bits per heavy atom. The first-order valence-corrected chi connectivity index (χ1v) is 3.72. The summed E-state index contributed by atoms with van der Waals surface area (Å²) in [5, 5.41) is 12.9. The summed E-state index contributed by atoms with van der Waals surface area (Å²) in [6.45, 7) is 0. The number of alkyl halides is 2. The van der Waals surface area contributed by atoms with E-state index in [1.165, 1.54) is 17.1 Å². The van der Waals surface area contributed by atoms with E-state index in [2.05, 4.69) is 5.10 Å². The lowest BCUT2D eigenvalue weighted by atomic mass is 10.2. The summed E-state index contributed by atoms with van der Waals surface area (Å²) in [5.74, 6) is -1.94. The van der Waals surface area contributed by atoms with Crippen LogP contribution < -0.4 is 0 Å². The molecule has 4 nitrogen and oxygen atoms in total. The highest BCUT2D eigenvalue weighted by atomic mass is 19.3. The van der Waals surface area contributed by atoms with Crippen LogP contribution in [-0.4, -0.2) is 27.1 Å². The predicted molar refractivity (Wildman–Crippen MR) is 44.8 cm³/mol. The lowest BCUT2D eigenvalue weighted by Crippen LogP contribution is -2.06. The van der Waals surface area contributed by atoms with Gasteiger partial charge in [-0.1, -0.05) is 0 Å². The van der Waals surface area contributed by atoms with Crippen molar-refractivity contribution in [2.24, 2.45) is 7.05 Å². The van der Waals surface area contributed by atoms with Crippen molar-refractivity contribution in [2.45, 2.75) is 6.43 Å². The molecule has 1 aromatic heterocycles. The number of aliphatic hydroxyl groups is 1. The smallest absolute Gasteiger partial charge is 0.300 e. The Bertz CT molecular complexity index is 371. The average Bonchev–Trinajstić information content (AvgIpc) is 2.51. The fraction of sp³-hybridized carbons (Fsp3) is 0.250. The molecule has 0 aliphatic rings. The van der Waals surface area contributed by atoms with Gasteiger partial charge in [-0.2, -0.15) is 5.10 Å². The number of nitrogens with zero attached hydrogens (tertiary/aromatic N) is 2. The van der Waals surface area contributed by atoms with Gasteiger partial charge in [0.25, 0.3) is 6.43 Å². The second-order valence-electron chi connectivity index (χ2n) is 2.64. The lowest BCUT2D eigenvalue weighted by molar-refractivity contribution is -0.124. The quantitative estimate of drug-likeness (QED) is 0.591. The van der Waals surface area contributed by atoms with Crippen LogP contribution in [0.3, 0.4) is 0 Å². The topological polar surface area (TPSA) is 55.1 Å². The molecule has 0 saturated carbocycles. The van der Waals surface area contributed by atoms with Crippen LogP contribution in [0.5, 0.6) is 0 Å². The summed E-state index contributed by atoms with van der Waals surface area (Å²) in [6, 6.07) is 0. The molecular weight excluding hydrogens is 194 g/mol. The minimum Gasteiger partial charge on any atom is -0.507 e. The molecule has 1 aromatic rings. The number of hydrogen-bond donors (Lipinski definition) is 1. The molecule has 0 fully saturated rings. The van der Waals surface area contributed by atoms with Crippen molar-refractivity contribution in [1.82, 2.24) is 9.78 Å². The third-order valence-corrected chi connectivity index (χ3v) is 1.49. The van der Waals surface area contributed by atoms with E-state index in [1.807, 2.05) is 0 Å². The maximum Gasteiger partial charge on any atom is 0.300 e. The SMILES string of the molecule is Cn1cc(/C(O)=C/C(=O)C(F)F)cn1. The number of hydrogen-bond acceptors (Lipinski definition) is 3. The Morgan fingerprint density at radius 3 is 2.79 bits per heavy atom. The van der Waals surface area contributed by atoms with Gasteiger partial charge in [-0.05, 0) is 0 Å². The second-order valence-corrected chi connectivity index (χ2v) is 2.64. The molecule has 0 spiro atoms. The molecule has 1 rings (SSSR count). The summed E-state index contributed by atoms with van der Waals surface area (Å²) in [5.41, 5.74) is 0.224. The number of rotatable bonds is 3. The van der Waals surface area contributed by atoms with Crippen LogP contribution in [0.2, 0.25) is 0 Å². The Balaban J connectivity index is 2.84. The molecular formula is C8H8F2N2O2. The second kappa shape index (κ2) is 3.99. The zero-order chi connectivity index (χ0) is 10.7. The molecule has 0 saturated heterocycles. The standard InChI is InChI=1S/C8H8F2N2O2/c1-12-4-5(3-11-12)6(13)2-7(14)8(9)10/h2-4,8,13H,1H3/b6-2-. The first kappa shape index (κ1) is 10.4. The van der Waals surface area contributed by atoms with Gasteiger partial charge in [-0.3, -0.25) is 9.48 Å². The predicted octanol–water partition coefficient (Wildman–Crippen LogP) is 1.15. The molecule has 6 heteroatoms. The van der Waals surface area contributed by atoms with E-state index < -0.39 is 18.0 Å². The highest BCUT2D eigenvalue weighted by molar-refractivity contribution is 5.97. The molecule has 0 aliphatic heterocycles. The number of carbonyl (C=O) groups is 1. The molecule has 76 valence electrons. The van der Waals surface area contributed by atoms with Crippen molar-refractivity contribution in [3.63, 3.8) is 0 Å². The Hall–Kier alpha value is -1.72. The van der Waals surface area contributed by atoms with Crippen molar-refractivity contribution in [3.05, 3.63) is 24.0 Å². The van der Waals surface area contributed by atoms with Crippen LogP contribution >= 0.6 is 0 Å². The molecule has 0 radical (unpaired) electrons. The molecule has 0 atom stereocenters. The number of allylic oxidation sites excluding steroid dienone is 1. The maximum absolute atomic E-state index is 11.8. The number of aliphatic hydroxyl groups excluding tert-OH is 1. The van der Waals surface area contributed by atoms with Crippen LogP contribution in [0.4, 0.5) is 8.78 Å². The number of carbonyl (C=O) groups excluding carboxylic acids is 1. The van der Waals surface area contributed by atoms with Gasteiger partial charge in [0.1, 0.15) is 5.76 Å². The third kappa shape index (κ3) is 2.38. The van der Waals surface area contributed by atoms with E-state index in [9.17, 15) is 18.7 Å². The summed E-state index contributed by atoms with van der Waals surface area (Å²) in [6.07, 6.45) is 0.0606. The fourth-order valence-electron chi connectivity index (χ4n) is 0.835. The summed E-state index contributed by atoms with van der Waals surface area (Å²) in [7, 11) is 1.60. The molecule has 0 bridgehead atoms. The van der Waals surface area contributed by atoms with Gasteiger partial charge < -0.3 is 5.11 Å². The number of ketones is 1. The number of aryl methyl sites for hydroxylation is 1. The van der Waals surface area contributed by atoms with Gasteiger partial charge >= 0.3 is 0 Å². The van der Waals surface area contributed by atoms with Crippen molar-refractivity contribution in [1.29, 1.82) is 0 Å². The van der Waals surface area contributed by atoms with E-state index in [1.54, 1.807) is 7.05 Å². The highest BCUT2D eigenvalue weighted by Crippen LogP contribution is 2.10. The van der Waals surface area contributed by atoms with E-state index in [0.717, 1.165) is 0 Å². The Morgan fingerprint density at radius 1 is 1.71 bits per heavy atom. The first-order valence-electron chi connectivity index (χ1n) is 3.72.